The summed E-state index contributed by atoms with van der Waals surface area (Å²) in [5.41, 5.74) is 2.96. The molecule has 1 aromatic heterocycles. The van der Waals surface area contributed by atoms with Crippen LogP contribution in [-0.2, 0) is 6.54 Å². The van der Waals surface area contributed by atoms with Crippen LogP contribution in [0.25, 0.3) is 0 Å². The molecule has 1 heterocycles. The molecular formula is C19H25N5O. The van der Waals surface area contributed by atoms with Crippen LogP contribution in [0.3, 0.4) is 0 Å². The molecule has 0 unspecified atom stereocenters. The van der Waals surface area contributed by atoms with Crippen molar-refractivity contribution >= 4 is 11.9 Å². The Morgan fingerprint density at radius 1 is 1.08 bits per heavy atom. The van der Waals surface area contributed by atoms with Gasteiger partial charge in [-0.1, -0.05) is 29.8 Å². The second kappa shape index (κ2) is 10.1. The van der Waals surface area contributed by atoms with Crippen LogP contribution in [0.1, 0.15) is 28.4 Å². The van der Waals surface area contributed by atoms with Gasteiger partial charge in [-0.2, -0.15) is 0 Å². The topological polar surface area (TPSA) is 78.4 Å². The number of hydrogen-bond donors (Lipinski definition) is 3. The van der Waals surface area contributed by atoms with Gasteiger partial charge < -0.3 is 16.0 Å². The molecule has 0 saturated carbocycles. The van der Waals surface area contributed by atoms with Gasteiger partial charge in [-0.15, -0.1) is 0 Å². The highest BCUT2D eigenvalue weighted by Crippen LogP contribution is 2.04. The van der Waals surface area contributed by atoms with Crippen LogP contribution < -0.4 is 16.0 Å². The first kappa shape index (κ1) is 18.4. The van der Waals surface area contributed by atoms with Gasteiger partial charge >= 0.3 is 0 Å². The number of benzene rings is 1. The summed E-state index contributed by atoms with van der Waals surface area (Å²) < 4.78 is 0. The maximum absolute atomic E-state index is 11.9. The van der Waals surface area contributed by atoms with Crippen LogP contribution in [0.4, 0.5) is 0 Å². The molecule has 3 N–H and O–H groups in total. The smallest absolute Gasteiger partial charge is 0.252 e. The number of nitrogens with one attached hydrogen (secondary N) is 3. The highest BCUT2D eigenvalue weighted by Gasteiger charge is 2.04. The Bertz CT molecular complexity index is 683. The third-order valence-corrected chi connectivity index (χ3v) is 3.51. The Kier molecular flexibility index (Phi) is 7.43. The Morgan fingerprint density at radius 2 is 1.84 bits per heavy atom. The number of hydrogen-bond acceptors (Lipinski definition) is 3. The molecule has 1 aromatic carbocycles. The molecular weight excluding hydrogens is 314 g/mol. The Labute approximate surface area is 148 Å². The molecule has 6 heteroatoms. The van der Waals surface area contributed by atoms with Crippen LogP contribution in [0.15, 0.2) is 53.8 Å². The van der Waals surface area contributed by atoms with Crippen molar-refractivity contribution in [3.8, 4) is 0 Å². The van der Waals surface area contributed by atoms with E-state index in [2.05, 4.69) is 57.1 Å². The fourth-order valence-electron chi connectivity index (χ4n) is 2.16. The van der Waals surface area contributed by atoms with Crippen LogP contribution in [0, 0.1) is 6.92 Å². The highest BCUT2D eigenvalue weighted by molar-refractivity contribution is 5.93. The second-order valence-corrected chi connectivity index (χ2v) is 5.61. The van der Waals surface area contributed by atoms with Crippen molar-refractivity contribution in [1.82, 2.24) is 20.9 Å². The van der Waals surface area contributed by atoms with Crippen molar-refractivity contribution in [2.75, 3.05) is 19.6 Å². The van der Waals surface area contributed by atoms with E-state index in [1.54, 1.807) is 24.5 Å². The van der Waals surface area contributed by atoms with E-state index in [1.807, 2.05) is 6.92 Å². The zero-order valence-corrected chi connectivity index (χ0v) is 14.7. The van der Waals surface area contributed by atoms with Crippen molar-refractivity contribution in [3.63, 3.8) is 0 Å². The third-order valence-electron chi connectivity index (χ3n) is 3.51. The van der Waals surface area contributed by atoms with Crippen molar-refractivity contribution < 1.29 is 4.79 Å². The first-order valence-corrected chi connectivity index (χ1v) is 8.45. The molecule has 0 aliphatic heterocycles. The molecule has 25 heavy (non-hydrogen) atoms. The van der Waals surface area contributed by atoms with Gasteiger partial charge in [0.15, 0.2) is 5.96 Å². The standard InChI is InChI=1S/C19H25N5O/c1-3-21-19(24-13-16-8-6-15(2)7-9-16)23-12-11-22-18(25)17-5-4-10-20-14-17/h4-10,14H,3,11-13H2,1-2H3,(H,22,25)(H2,21,23,24). The lowest BCUT2D eigenvalue weighted by Gasteiger charge is -2.12. The maximum atomic E-state index is 11.9. The van der Waals surface area contributed by atoms with E-state index in [0.717, 1.165) is 18.1 Å². The average Bonchev–Trinajstić information content (AvgIpc) is 2.65. The molecule has 6 nitrogen and oxygen atoms in total. The summed E-state index contributed by atoms with van der Waals surface area (Å²) in [4.78, 5) is 20.4. The predicted molar refractivity (Wildman–Crippen MR) is 101 cm³/mol. The number of nitrogens with zero attached hydrogens (tertiary/aromatic N) is 2. The quantitative estimate of drug-likeness (QED) is 0.409. The molecule has 1 amide bonds. The number of rotatable bonds is 7. The molecule has 0 saturated heterocycles. The normalized spacial score (nSPS) is 11.0. The summed E-state index contributed by atoms with van der Waals surface area (Å²) in [6.07, 6.45) is 3.20. The lowest BCUT2D eigenvalue weighted by Crippen LogP contribution is -2.41. The minimum absolute atomic E-state index is 0.128. The summed E-state index contributed by atoms with van der Waals surface area (Å²) in [6, 6.07) is 11.8. The van der Waals surface area contributed by atoms with Crippen LogP contribution in [-0.4, -0.2) is 36.5 Å². The molecule has 0 radical (unpaired) electrons. The van der Waals surface area contributed by atoms with Gasteiger partial charge in [0, 0.05) is 32.0 Å². The van der Waals surface area contributed by atoms with E-state index < -0.39 is 0 Å². The summed E-state index contributed by atoms with van der Waals surface area (Å²) in [6.45, 7) is 6.57. The lowest BCUT2D eigenvalue weighted by molar-refractivity contribution is 0.0954. The number of amides is 1. The van der Waals surface area contributed by atoms with Gasteiger partial charge in [-0.3, -0.25) is 9.78 Å². The maximum Gasteiger partial charge on any atom is 0.252 e. The number of pyridine rings is 1. The lowest BCUT2D eigenvalue weighted by atomic mass is 10.1. The molecule has 132 valence electrons. The zero-order valence-electron chi connectivity index (χ0n) is 14.7. The first-order chi connectivity index (χ1) is 12.2. The Balaban J connectivity index is 1.78. The number of aryl methyl sites for hydroxylation is 1. The average molecular weight is 339 g/mol. The van der Waals surface area contributed by atoms with Crippen molar-refractivity contribution in [2.45, 2.75) is 20.4 Å². The SMILES string of the molecule is CCNC(=NCc1ccc(C)cc1)NCCNC(=O)c1cccnc1. The number of carbonyl (C=O) groups excluding carboxylic acids is 1. The largest absolute Gasteiger partial charge is 0.357 e. The molecule has 0 spiro atoms. The Hall–Kier alpha value is -2.89. The van der Waals surface area contributed by atoms with E-state index in [0.29, 0.717) is 25.2 Å². The molecule has 0 atom stereocenters. The van der Waals surface area contributed by atoms with E-state index in [1.165, 1.54) is 5.56 Å². The number of guanidine groups is 1. The monoisotopic (exact) mass is 339 g/mol. The zero-order chi connectivity index (χ0) is 17.9. The molecule has 0 aliphatic rings. The summed E-state index contributed by atoms with van der Waals surface area (Å²) in [5, 5.41) is 9.27. The molecule has 0 fully saturated rings. The Morgan fingerprint density at radius 3 is 2.52 bits per heavy atom. The molecule has 0 aliphatic carbocycles. The molecule has 0 bridgehead atoms. The van der Waals surface area contributed by atoms with Crippen LogP contribution >= 0.6 is 0 Å². The second-order valence-electron chi connectivity index (χ2n) is 5.61. The van der Waals surface area contributed by atoms with E-state index in [4.69, 9.17) is 0 Å². The first-order valence-electron chi connectivity index (χ1n) is 8.45. The summed E-state index contributed by atoms with van der Waals surface area (Å²) in [7, 11) is 0. The van der Waals surface area contributed by atoms with E-state index in [9.17, 15) is 4.79 Å². The van der Waals surface area contributed by atoms with Crippen molar-refractivity contribution in [1.29, 1.82) is 0 Å². The minimum atomic E-state index is -0.128. The fourth-order valence-corrected chi connectivity index (χ4v) is 2.16. The summed E-state index contributed by atoms with van der Waals surface area (Å²) in [5.74, 6) is 0.607. The van der Waals surface area contributed by atoms with Gasteiger partial charge in [0.25, 0.3) is 5.91 Å². The van der Waals surface area contributed by atoms with Gasteiger partial charge in [0.1, 0.15) is 0 Å². The molecule has 2 rings (SSSR count). The third kappa shape index (κ3) is 6.63. The number of aromatic nitrogens is 1. The molecule has 2 aromatic rings. The number of carbonyl (C=O) groups is 1. The van der Waals surface area contributed by atoms with Crippen molar-refractivity contribution in [2.24, 2.45) is 4.99 Å². The van der Waals surface area contributed by atoms with Crippen LogP contribution in [0.2, 0.25) is 0 Å². The number of aliphatic imine (C=N–C) groups is 1. The predicted octanol–water partition coefficient (Wildman–Crippen LogP) is 1.88. The fraction of sp³-hybridized carbons (Fsp3) is 0.316. The highest BCUT2D eigenvalue weighted by atomic mass is 16.1. The van der Waals surface area contributed by atoms with Gasteiger partial charge in [0.2, 0.25) is 0 Å². The van der Waals surface area contributed by atoms with Gasteiger partial charge in [-0.05, 0) is 31.5 Å². The summed E-state index contributed by atoms with van der Waals surface area (Å²) >= 11 is 0. The van der Waals surface area contributed by atoms with Crippen LogP contribution in [0.5, 0.6) is 0 Å². The van der Waals surface area contributed by atoms with Gasteiger partial charge in [-0.25, -0.2) is 4.99 Å². The minimum Gasteiger partial charge on any atom is -0.357 e. The van der Waals surface area contributed by atoms with E-state index >= 15 is 0 Å². The van der Waals surface area contributed by atoms with Gasteiger partial charge in [0.05, 0.1) is 12.1 Å². The van der Waals surface area contributed by atoms with Crippen molar-refractivity contribution in [3.05, 3.63) is 65.5 Å². The van der Waals surface area contributed by atoms with E-state index in [-0.39, 0.29) is 5.91 Å².